The van der Waals surface area contributed by atoms with Crippen molar-refractivity contribution in [3.8, 4) is 5.75 Å². The monoisotopic (exact) mass is 351 g/mol. The number of para-hydroxylation sites is 1. The van der Waals surface area contributed by atoms with Crippen LogP contribution in [0.25, 0.3) is 0 Å². The van der Waals surface area contributed by atoms with Gasteiger partial charge in [-0.15, -0.1) is 0 Å². The third-order valence-corrected chi connectivity index (χ3v) is 4.20. The average molecular weight is 351 g/mol. The Balaban J connectivity index is 1.57. The molecule has 2 aromatic carbocycles. The lowest BCUT2D eigenvalue weighted by Gasteiger charge is -2.14. The first-order valence-corrected chi connectivity index (χ1v) is 8.31. The van der Waals surface area contributed by atoms with E-state index in [-0.39, 0.29) is 30.9 Å². The van der Waals surface area contributed by atoms with Gasteiger partial charge in [0.2, 0.25) is 5.91 Å². The molecule has 4 rings (SSSR count). The van der Waals surface area contributed by atoms with Crippen LogP contribution in [0.1, 0.15) is 28.4 Å². The first-order valence-electron chi connectivity index (χ1n) is 8.31. The minimum Gasteiger partial charge on any atom is -0.490 e. The second kappa shape index (κ2) is 6.87. The number of fused-ring (bicyclic) bond motifs is 1. The lowest BCUT2D eigenvalue weighted by atomic mass is 10.1. The van der Waals surface area contributed by atoms with Gasteiger partial charge in [-0.25, -0.2) is 0 Å². The predicted octanol–water partition coefficient (Wildman–Crippen LogP) is 2.76. The molecule has 0 bridgehead atoms. The van der Waals surface area contributed by atoms with Gasteiger partial charge in [-0.3, -0.25) is 14.6 Å². The molecular weight excluding hydrogens is 334 g/mol. The maximum Gasteiger partial charge on any atom is 0.259 e. The molecule has 0 saturated heterocycles. The molecule has 2 aromatic rings. The first kappa shape index (κ1) is 16.1. The fourth-order valence-electron chi connectivity index (χ4n) is 2.93. The third kappa shape index (κ3) is 3.23. The molecule has 0 aromatic heterocycles. The summed E-state index contributed by atoms with van der Waals surface area (Å²) in [4.78, 5) is 28.5. The van der Waals surface area contributed by atoms with Crippen molar-refractivity contribution in [1.29, 1.82) is 0 Å². The van der Waals surface area contributed by atoms with Crippen LogP contribution in [0.15, 0.2) is 47.5 Å². The molecule has 26 heavy (non-hydrogen) atoms. The molecule has 2 heterocycles. The van der Waals surface area contributed by atoms with Gasteiger partial charge in [0.1, 0.15) is 6.10 Å². The Morgan fingerprint density at radius 3 is 2.96 bits per heavy atom. The normalized spacial score (nSPS) is 18.2. The fraction of sp³-hybridized carbons (Fsp3) is 0.211. The number of rotatable bonds is 3. The zero-order valence-electron chi connectivity index (χ0n) is 13.9. The summed E-state index contributed by atoms with van der Waals surface area (Å²) in [6.07, 6.45) is 1.57. The number of amides is 2. The van der Waals surface area contributed by atoms with Crippen LogP contribution in [-0.4, -0.2) is 31.4 Å². The SMILES string of the molecule is O=C1CCOc2c(cccc2C(=O)Nc2cccc(C3CN=CO3)c2)N1. The Morgan fingerprint density at radius 1 is 1.23 bits per heavy atom. The van der Waals surface area contributed by atoms with Gasteiger partial charge in [0.25, 0.3) is 5.91 Å². The van der Waals surface area contributed by atoms with Crippen LogP contribution in [-0.2, 0) is 9.53 Å². The quantitative estimate of drug-likeness (QED) is 0.890. The molecule has 2 amide bonds. The number of carbonyl (C=O) groups excluding carboxylic acids is 2. The molecule has 1 atom stereocenters. The highest BCUT2D eigenvalue weighted by Gasteiger charge is 2.21. The molecule has 0 aliphatic carbocycles. The van der Waals surface area contributed by atoms with Gasteiger partial charge in [-0.2, -0.15) is 0 Å². The summed E-state index contributed by atoms with van der Waals surface area (Å²) in [5, 5.41) is 5.63. The Hall–Kier alpha value is -3.35. The summed E-state index contributed by atoms with van der Waals surface area (Å²) in [7, 11) is 0. The van der Waals surface area contributed by atoms with E-state index in [1.54, 1.807) is 24.3 Å². The number of nitrogens with zero attached hydrogens (tertiary/aromatic N) is 1. The van der Waals surface area contributed by atoms with Gasteiger partial charge in [-0.1, -0.05) is 18.2 Å². The van der Waals surface area contributed by atoms with E-state index in [9.17, 15) is 9.59 Å². The van der Waals surface area contributed by atoms with E-state index in [0.29, 0.717) is 29.2 Å². The summed E-state index contributed by atoms with van der Waals surface area (Å²) in [6.45, 7) is 0.800. The van der Waals surface area contributed by atoms with Gasteiger partial charge in [0, 0.05) is 5.69 Å². The number of benzene rings is 2. The van der Waals surface area contributed by atoms with Gasteiger partial charge >= 0.3 is 0 Å². The molecule has 2 N–H and O–H groups in total. The zero-order valence-corrected chi connectivity index (χ0v) is 13.9. The molecule has 7 nitrogen and oxygen atoms in total. The number of carbonyl (C=O) groups is 2. The number of aliphatic imine (C=N–C) groups is 1. The minimum atomic E-state index is -0.307. The predicted molar refractivity (Wildman–Crippen MR) is 96.8 cm³/mol. The lowest BCUT2D eigenvalue weighted by molar-refractivity contribution is -0.116. The van der Waals surface area contributed by atoms with Crippen LogP contribution in [0.3, 0.4) is 0 Å². The lowest BCUT2D eigenvalue weighted by Crippen LogP contribution is -2.14. The number of anilines is 2. The number of ether oxygens (including phenoxy) is 2. The van der Waals surface area contributed by atoms with E-state index in [0.717, 1.165) is 5.56 Å². The summed E-state index contributed by atoms with van der Waals surface area (Å²) in [5.41, 5.74) is 2.47. The molecule has 2 aliphatic rings. The van der Waals surface area contributed by atoms with E-state index in [1.165, 1.54) is 6.40 Å². The molecular formula is C19H17N3O4. The first-order chi connectivity index (χ1) is 12.7. The van der Waals surface area contributed by atoms with Crippen molar-refractivity contribution < 1.29 is 19.1 Å². The van der Waals surface area contributed by atoms with Crippen LogP contribution in [0, 0.1) is 0 Å². The van der Waals surface area contributed by atoms with E-state index >= 15 is 0 Å². The average Bonchev–Trinajstić information content (AvgIpc) is 3.11. The molecule has 1 unspecified atom stereocenters. The topological polar surface area (TPSA) is 89.0 Å². The van der Waals surface area contributed by atoms with Gasteiger partial charge in [0.15, 0.2) is 12.2 Å². The largest absolute Gasteiger partial charge is 0.490 e. The van der Waals surface area contributed by atoms with Crippen molar-refractivity contribution in [2.75, 3.05) is 23.8 Å². The third-order valence-electron chi connectivity index (χ3n) is 4.20. The second-order valence-corrected chi connectivity index (χ2v) is 6.00. The molecule has 0 saturated carbocycles. The van der Waals surface area contributed by atoms with Crippen LogP contribution in [0.5, 0.6) is 5.75 Å². The zero-order chi connectivity index (χ0) is 17.9. The number of hydrogen-bond acceptors (Lipinski definition) is 5. The van der Waals surface area contributed by atoms with Crippen LogP contribution >= 0.6 is 0 Å². The van der Waals surface area contributed by atoms with Crippen molar-refractivity contribution >= 4 is 29.6 Å². The van der Waals surface area contributed by atoms with Crippen molar-refractivity contribution in [1.82, 2.24) is 0 Å². The Labute approximate surface area is 150 Å². The standard InChI is InChI=1S/C19H17N3O4/c23-17-7-8-25-18-14(5-2-6-15(18)22-17)19(24)21-13-4-1-3-12(9-13)16-10-20-11-26-16/h1-6,9,11,16H,7-8,10H2,(H,21,24)(H,22,23). The number of nitrogens with one attached hydrogen (secondary N) is 2. The van der Waals surface area contributed by atoms with E-state index in [2.05, 4.69) is 15.6 Å². The highest BCUT2D eigenvalue weighted by Crippen LogP contribution is 2.32. The Morgan fingerprint density at radius 2 is 2.12 bits per heavy atom. The van der Waals surface area contributed by atoms with Crippen molar-refractivity contribution in [3.63, 3.8) is 0 Å². The van der Waals surface area contributed by atoms with Crippen molar-refractivity contribution in [3.05, 3.63) is 53.6 Å². The molecule has 0 spiro atoms. The summed E-state index contributed by atoms with van der Waals surface area (Å²) in [5.74, 6) is -0.0499. The van der Waals surface area contributed by atoms with Gasteiger partial charge in [0.05, 0.1) is 30.8 Å². The molecule has 7 heteroatoms. The van der Waals surface area contributed by atoms with Gasteiger partial charge < -0.3 is 20.1 Å². The molecule has 2 aliphatic heterocycles. The van der Waals surface area contributed by atoms with Crippen LogP contribution < -0.4 is 15.4 Å². The van der Waals surface area contributed by atoms with E-state index < -0.39 is 0 Å². The van der Waals surface area contributed by atoms with Crippen LogP contribution in [0.4, 0.5) is 11.4 Å². The summed E-state index contributed by atoms with van der Waals surface area (Å²) in [6, 6.07) is 12.6. The molecule has 0 radical (unpaired) electrons. The van der Waals surface area contributed by atoms with Crippen molar-refractivity contribution in [2.24, 2.45) is 4.99 Å². The van der Waals surface area contributed by atoms with Crippen LogP contribution in [0.2, 0.25) is 0 Å². The minimum absolute atomic E-state index is 0.126. The molecule has 132 valence electrons. The number of hydrogen-bond donors (Lipinski definition) is 2. The van der Waals surface area contributed by atoms with Gasteiger partial charge in [-0.05, 0) is 29.8 Å². The smallest absolute Gasteiger partial charge is 0.259 e. The second-order valence-electron chi connectivity index (χ2n) is 6.00. The summed E-state index contributed by atoms with van der Waals surface area (Å²) >= 11 is 0. The maximum absolute atomic E-state index is 12.8. The Kier molecular flexibility index (Phi) is 4.27. The molecule has 0 fully saturated rings. The van der Waals surface area contributed by atoms with E-state index in [4.69, 9.17) is 9.47 Å². The van der Waals surface area contributed by atoms with E-state index in [1.807, 2.05) is 18.2 Å². The highest BCUT2D eigenvalue weighted by molar-refractivity contribution is 6.08. The fourth-order valence-corrected chi connectivity index (χ4v) is 2.93. The Bertz CT molecular complexity index is 886. The summed E-state index contributed by atoms with van der Waals surface area (Å²) < 4.78 is 11.1. The van der Waals surface area contributed by atoms with Crippen molar-refractivity contribution in [2.45, 2.75) is 12.5 Å². The highest BCUT2D eigenvalue weighted by atomic mass is 16.5. The maximum atomic E-state index is 12.8.